The SMILES string of the molecule is CCNC(=NCCCCC(F)(F)F)N(C)CCOc1ccc(OC)cc1. The average molecular weight is 375 g/mol. The number of methoxy groups -OCH3 is 1. The summed E-state index contributed by atoms with van der Waals surface area (Å²) in [6, 6.07) is 7.31. The number of aliphatic imine (C=N–C) groups is 1. The monoisotopic (exact) mass is 375 g/mol. The highest BCUT2D eigenvalue weighted by Crippen LogP contribution is 2.22. The third kappa shape index (κ3) is 9.39. The van der Waals surface area contributed by atoms with Crippen molar-refractivity contribution >= 4 is 5.96 Å². The highest BCUT2D eigenvalue weighted by molar-refractivity contribution is 5.79. The molecule has 1 N–H and O–H groups in total. The van der Waals surface area contributed by atoms with Crippen LogP contribution in [0.2, 0.25) is 0 Å². The molecule has 0 amide bonds. The molecule has 0 aliphatic carbocycles. The fourth-order valence-corrected chi connectivity index (χ4v) is 2.17. The van der Waals surface area contributed by atoms with E-state index in [1.807, 2.05) is 43.1 Å². The lowest BCUT2D eigenvalue weighted by atomic mass is 10.2. The number of ether oxygens (including phenoxy) is 2. The second-order valence-electron chi connectivity index (χ2n) is 5.75. The molecule has 0 spiro atoms. The van der Waals surface area contributed by atoms with Gasteiger partial charge in [-0.15, -0.1) is 0 Å². The first kappa shape index (κ1) is 21.9. The fourth-order valence-electron chi connectivity index (χ4n) is 2.17. The van der Waals surface area contributed by atoms with E-state index in [0.717, 1.165) is 11.5 Å². The zero-order chi connectivity index (χ0) is 19.4. The number of likely N-dealkylation sites (N-methyl/N-ethyl adjacent to an activating group) is 1. The van der Waals surface area contributed by atoms with Gasteiger partial charge in [0.1, 0.15) is 18.1 Å². The molecule has 1 aromatic carbocycles. The predicted molar refractivity (Wildman–Crippen MR) is 97.0 cm³/mol. The van der Waals surface area contributed by atoms with Gasteiger partial charge in [-0.25, -0.2) is 0 Å². The molecule has 5 nitrogen and oxygen atoms in total. The van der Waals surface area contributed by atoms with Crippen molar-refractivity contribution < 1.29 is 22.6 Å². The number of guanidine groups is 1. The van der Waals surface area contributed by atoms with Crippen LogP contribution in [0, 0.1) is 0 Å². The van der Waals surface area contributed by atoms with Crippen molar-refractivity contribution in [3.05, 3.63) is 24.3 Å². The number of halogens is 3. The number of alkyl halides is 3. The Labute approximate surface area is 153 Å². The van der Waals surface area contributed by atoms with E-state index in [2.05, 4.69) is 10.3 Å². The molecule has 0 aromatic heterocycles. The molecule has 8 heteroatoms. The first-order valence-corrected chi connectivity index (χ1v) is 8.68. The van der Waals surface area contributed by atoms with Crippen LogP contribution in [0.5, 0.6) is 11.5 Å². The largest absolute Gasteiger partial charge is 0.497 e. The number of benzene rings is 1. The maximum absolute atomic E-state index is 12.1. The summed E-state index contributed by atoms with van der Waals surface area (Å²) in [7, 11) is 3.48. The van der Waals surface area contributed by atoms with E-state index in [0.29, 0.717) is 38.6 Å². The van der Waals surface area contributed by atoms with Crippen LogP contribution in [0.15, 0.2) is 29.3 Å². The smallest absolute Gasteiger partial charge is 0.389 e. The summed E-state index contributed by atoms with van der Waals surface area (Å²) in [4.78, 5) is 6.27. The van der Waals surface area contributed by atoms with Crippen molar-refractivity contribution in [1.82, 2.24) is 10.2 Å². The van der Waals surface area contributed by atoms with Crippen LogP contribution >= 0.6 is 0 Å². The third-order valence-electron chi connectivity index (χ3n) is 3.58. The standard InChI is InChI=1S/C18H28F3N3O2/c1-4-22-17(23-12-6-5-11-18(19,20)21)24(2)13-14-26-16-9-7-15(25-3)8-10-16/h7-10H,4-6,11-14H2,1-3H3,(H,22,23). The van der Waals surface area contributed by atoms with Crippen LogP contribution in [0.3, 0.4) is 0 Å². The summed E-state index contributed by atoms with van der Waals surface area (Å²) in [6.07, 6.45) is -4.35. The normalized spacial score (nSPS) is 12.0. The molecule has 0 bridgehead atoms. The minimum absolute atomic E-state index is 0.0939. The second kappa shape index (κ2) is 11.5. The average Bonchev–Trinajstić information content (AvgIpc) is 2.60. The molecule has 0 unspecified atom stereocenters. The van der Waals surface area contributed by atoms with E-state index >= 15 is 0 Å². The van der Waals surface area contributed by atoms with E-state index in [9.17, 15) is 13.2 Å². The van der Waals surface area contributed by atoms with Crippen molar-refractivity contribution in [3.8, 4) is 11.5 Å². The van der Waals surface area contributed by atoms with Gasteiger partial charge in [0.05, 0.1) is 13.7 Å². The number of nitrogens with zero attached hydrogens (tertiary/aromatic N) is 2. The summed E-state index contributed by atoms with van der Waals surface area (Å²) in [5.41, 5.74) is 0. The van der Waals surface area contributed by atoms with Crippen LogP contribution in [0.25, 0.3) is 0 Å². The van der Waals surface area contributed by atoms with E-state index < -0.39 is 12.6 Å². The maximum Gasteiger partial charge on any atom is 0.389 e. The van der Waals surface area contributed by atoms with E-state index in [-0.39, 0.29) is 6.42 Å². The number of rotatable bonds is 10. The molecule has 0 radical (unpaired) electrons. The van der Waals surface area contributed by atoms with Gasteiger partial charge in [0.25, 0.3) is 0 Å². The first-order valence-electron chi connectivity index (χ1n) is 8.68. The molecule has 0 saturated carbocycles. The lowest BCUT2D eigenvalue weighted by Gasteiger charge is -2.22. The highest BCUT2D eigenvalue weighted by atomic mass is 19.4. The van der Waals surface area contributed by atoms with Gasteiger partial charge in [0.2, 0.25) is 0 Å². The van der Waals surface area contributed by atoms with E-state index in [1.54, 1.807) is 7.11 Å². The van der Waals surface area contributed by atoms with Crippen molar-refractivity contribution in [2.24, 2.45) is 4.99 Å². The molecule has 0 saturated heterocycles. The number of nitrogens with one attached hydrogen (secondary N) is 1. The van der Waals surface area contributed by atoms with Gasteiger partial charge in [-0.2, -0.15) is 13.2 Å². The van der Waals surface area contributed by atoms with Gasteiger partial charge >= 0.3 is 6.18 Å². The molecule has 0 heterocycles. The summed E-state index contributed by atoms with van der Waals surface area (Å²) in [6.45, 7) is 4.05. The molecule has 1 aromatic rings. The Hall–Kier alpha value is -2.12. The van der Waals surface area contributed by atoms with Crippen LogP contribution in [-0.2, 0) is 0 Å². The zero-order valence-corrected chi connectivity index (χ0v) is 15.6. The Balaban J connectivity index is 2.38. The molecule has 0 fully saturated rings. The van der Waals surface area contributed by atoms with Crippen molar-refractivity contribution in [1.29, 1.82) is 0 Å². The molecular formula is C18H28F3N3O2. The summed E-state index contributed by atoms with van der Waals surface area (Å²) >= 11 is 0. The summed E-state index contributed by atoms with van der Waals surface area (Å²) in [5.74, 6) is 2.17. The summed E-state index contributed by atoms with van der Waals surface area (Å²) in [5, 5.41) is 3.13. The molecule has 0 aliphatic rings. The van der Waals surface area contributed by atoms with Gasteiger partial charge in [0, 0.05) is 26.6 Å². The maximum atomic E-state index is 12.1. The van der Waals surface area contributed by atoms with Gasteiger partial charge in [-0.05, 0) is 44.0 Å². The van der Waals surface area contributed by atoms with Crippen LogP contribution < -0.4 is 14.8 Å². The Bertz CT molecular complexity index is 533. The number of hydrogen-bond donors (Lipinski definition) is 1. The molecular weight excluding hydrogens is 347 g/mol. The van der Waals surface area contributed by atoms with Crippen LogP contribution in [-0.4, -0.2) is 57.4 Å². The molecule has 1 rings (SSSR count). The lowest BCUT2D eigenvalue weighted by molar-refractivity contribution is -0.135. The van der Waals surface area contributed by atoms with E-state index in [4.69, 9.17) is 9.47 Å². The Morgan fingerprint density at radius 3 is 2.38 bits per heavy atom. The second-order valence-corrected chi connectivity index (χ2v) is 5.75. The predicted octanol–water partition coefficient (Wildman–Crippen LogP) is 3.70. The van der Waals surface area contributed by atoms with Crippen molar-refractivity contribution in [3.63, 3.8) is 0 Å². The topological polar surface area (TPSA) is 46.1 Å². The lowest BCUT2D eigenvalue weighted by Crippen LogP contribution is -2.41. The van der Waals surface area contributed by atoms with E-state index in [1.165, 1.54) is 0 Å². The van der Waals surface area contributed by atoms with Crippen molar-refractivity contribution in [2.45, 2.75) is 32.4 Å². The Morgan fingerprint density at radius 2 is 1.81 bits per heavy atom. The van der Waals surface area contributed by atoms with Gasteiger partial charge in [0.15, 0.2) is 5.96 Å². The minimum atomic E-state index is -4.09. The first-order chi connectivity index (χ1) is 12.4. The fraction of sp³-hybridized carbons (Fsp3) is 0.611. The van der Waals surface area contributed by atoms with Crippen molar-refractivity contribution in [2.75, 3.05) is 40.4 Å². The highest BCUT2D eigenvalue weighted by Gasteiger charge is 2.25. The summed E-state index contributed by atoms with van der Waals surface area (Å²) < 4.78 is 47.2. The Kier molecular flexibility index (Phi) is 9.69. The van der Waals surface area contributed by atoms with Crippen LogP contribution in [0.4, 0.5) is 13.2 Å². The molecule has 26 heavy (non-hydrogen) atoms. The molecule has 0 aliphatic heterocycles. The molecule has 148 valence electrons. The van der Waals surface area contributed by atoms with Gasteiger partial charge in [-0.3, -0.25) is 4.99 Å². The minimum Gasteiger partial charge on any atom is -0.497 e. The zero-order valence-electron chi connectivity index (χ0n) is 15.6. The van der Waals surface area contributed by atoms with Crippen LogP contribution in [0.1, 0.15) is 26.2 Å². The quantitative estimate of drug-likeness (QED) is 0.385. The van der Waals surface area contributed by atoms with Gasteiger partial charge in [-0.1, -0.05) is 0 Å². The molecule has 0 atom stereocenters. The number of hydrogen-bond acceptors (Lipinski definition) is 3. The Morgan fingerprint density at radius 1 is 1.15 bits per heavy atom. The third-order valence-corrected chi connectivity index (χ3v) is 3.58. The number of unbranched alkanes of at least 4 members (excludes halogenated alkanes) is 1. The van der Waals surface area contributed by atoms with Gasteiger partial charge < -0.3 is 19.7 Å².